The molecule has 4 rings (SSSR count). The normalized spacial score (nSPS) is 39.4. The molecule has 190 valence electrons. The second kappa shape index (κ2) is 12.3. The standard InChI is InChI=1S/C28H44O5Si/c1-3-5-6-10-20(32-21-11-9-15-30-19-21)13-14-22-23-17-24(29)27(34)28(23,4-2)18-25(22)33-26-12-7-8-16-31-26/h2,13-14,20-23,25-27H,3,5-12,15-19H2,1,34H3/t20?,21?,22-,23-,25-,26?,27?,28-/m1/s1. The summed E-state index contributed by atoms with van der Waals surface area (Å²) in [6, 6.07) is 0. The molecule has 0 aromatic carbocycles. The van der Waals surface area contributed by atoms with E-state index in [4.69, 9.17) is 25.4 Å². The first-order chi connectivity index (χ1) is 16.6. The van der Waals surface area contributed by atoms with Crippen LogP contribution in [0.15, 0.2) is 12.2 Å². The van der Waals surface area contributed by atoms with Crippen molar-refractivity contribution in [2.75, 3.05) is 19.8 Å². The highest BCUT2D eigenvalue weighted by Gasteiger charge is 2.61. The van der Waals surface area contributed by atoms with Crippen LogP contribution in [0.2, 0.25) is 5.54 Å². The molecular formula is C28H44O5Si. The van der Waals surface area contributed by atoms with Crippen molar-refractivity contribution in [2.24, 2.45) is 17.3 Å². The SMILES string of the molecule is C#C[C@@]12C[C@@H](OC3CCCCO3)[C@H](C=CC(CCCCC)OC3CCCOC3)[C@H]1CC(=O)C2[SiH3]. The average Bonchev–Trinajstić information content (AvgIpc) is 3.28. The molecule has 2 heterocycles. The van der Waals surface area contributed by atoms with E-state index in [0.717, 1.165) is 74.8 Å². The molecule has 0 amide bonds. The maximum absolute atomic E-state index is 12.8. The maximum Gasteiger partial charge on any atom is 0.157 e. The molecule has 2 aliphatic carbocycles. The number of rotatable bonds is 10. The van der Waals surface area contributed by atoms with Gasteiger partial charge in [-0.3, -0.25) is 4.79 Å². The summed E-state index contributed by atoms with van der Waals surface area (Å²) in [6.07, 6.45) is 22.0. The lowest BCUT2D eigenvalue weighted by Gasteiger charge is -2.30. The Kier molecular flexibility index (Phi) is 9.46. The molecule has 0 radical (unpaired) electrons. The first-order valence-corrected chi connectivity index (χ1v) is 14.9. The molecule has 4 aliphatic rings. The van der Waals surface area contributed by atoms with Crippen molar-refractivity contribution in [2.45, 2.75) is 108 Å². The van der Waals surface area contributed by atoms with Crippen LogP contribution < -0.4 is 0 Å². The van der Waals surface area contributed by atoms with Gasteiger partial charge in [0.25, 0.3) is 0 Å². The largest absolute Gasteiger partial charge is 0.379 e. The van der Waals surface area contributed by atoms with Gasteiger partial charge in [0, 0.05) is 46.8 Å². The third-order valence-electron chi connectivity index (χ3n) is 8.63. The van der Waals surface area contributed by atoms with Crippen LogP contribution in [0, 0.1) is 29.6 Å². The van der Waals surface area contributed by atoms with Crippen LogP contribution in [-0.2, 0) is 23.7 Å². The Bertz CT molecular complexity index is 736. The van der Waals surface area contributed by atoms with E-state index in [1.807, 2.05) is 0 Å². The Hall–Kier alpha value is -0.973. The first-order valence-electron chi connectivity index (χ1n) is 13.8. The molecule has 5 nitrogen and oxygen atoms in total. The number of ketones is 1. The lowest BCUT2D eigenvalue weighted by Crippen LogP contribution is -2.32. The van der Waals surface area contributed by atoms with Gasteiger partial charge in [0.15, 0.2) is 6.29 Å². The maximum atomic E-state index is 12.8. The van der Waals surface area contributed by atoms with Gasteiger partial charge in [-0.15, -0.1) is 6.42 Å². The summed E-state index contributed by atoms with van der Waals surface area (Å²) >= 11 is 0. The Morgan fingerprint density at radius 2 is 2.15 bits per heavy atom. The molecule has 0 N–H and O–H groups in total. The van der Waals surface area contributed by atoms with E-state index < -0.39 is 0 Å². The van der Waals surface area contributed by atoms with E-state index >= 15 is 0 Å². The summed E-state index contributed by atoms with van der Waals surface area (Å²) in [6.45, 7) is 4.52. The van der Waals surface area contributed by atoms with Gasteiger partial charge in [0.05, 0.1) is 24.9 Å². The quantitative estimate of drug-likeness (QED) is 0.201. The summed E-state index contributed by atoms with van der Waals surface area (Å²) in [5.74, 6) is 3.77. The van der Waals surface area contributed by atoms with Crippen LogP contribution in [0.3, 0.4) is 0 Å². The van der Waals surface area contributed by atoms with Crippen molar-refractivity contribution >= 4 is 16.0 Å². The highest BCUT2D eigenvalue weighted by atomic mass is 28.1. The van der Waals surface area contributed by atoms with E-state index in [1.54, 1.807) is 0 Å². The molecule has 34 heavy (non-hydrogen) atoms. The number of unbranched alkanes of at least 4 members (excludes halogenated alkanes) is 2. The molecule has 0 aromatic rings. The molecule has 2 aliphatic heterocycles. The fraction of sp³-hybridized carbons (Fsp3) is 0.821. The van der Waals surface area contributed by atoms with Gasteiger partial charge in [-0.05, 0) is 50.9 Å². The molecule has 0 aromatic heterocycles. The second-order valence-corrected chi connectivity index (χ2v) is 12.0. The second-order valence-electron chi connectivity index (χ2n) is 10.8. The Morgan fingerprint density at radius 1 is 1.26 bits per heavy atom. The van der Waals surface area contributed by atoms with Crippen molar-refractivity contribution < 1.29 is 23.7 Å². The number of hydrogen-bond acceptors (Lipinski definition) is 5. The van der Waals surface area contributed by atoms with E-state index in [0.29, 0.717) is 18.8 Å². The highest BCUT2D eigenvalue weighted by molar-refractivity contribution is 6.26. The summed E-state index contributed by atoms with van der Waals surface area (Å²) in [4.78, 5) is 12.8. The molecule has 8 atom stereocenters. The summed E-state index contributed by atoms with van der Waals surface area (Å²) < 4.78 is 24.7. The van der Waals surface area contributed by atoms with Crippen LogP contribution in [0.5, 0.6) is 0 Å². The van der Waals surface area contributed by atoms with Crippen LogP contribution in [0.1, 0.15) is 77.6 Å². The van der Waals surface area contributed by atoms with Gasteiger partial charge in [0.2, 0.25) is 0 Å². The van der Waals surface area contributed by atoms with Crippen molar-refractivity contribution in [3.8, 4) is 12.3 Å². The molecule has 2 saturated heterocycles. The van der Waals surface area contributed by atoms with E-state index in [2.05, 4.69) is 25.0 Å². The smallest absolute Gasteiger partial charge is 0.157 e. The molecule has 2 saturated carbocycles. The number of carbonyl (C=O) groups excluding carboxylic acids is 1. The molecular weight excluding hydrogens is 444 g/mol. The Labute approximate surface area is 209 Å². The van der Waals surface area contributed by atoms with Crippen LogP contribution in [0.4, 0.5) is 0 Å². The van der Waals surface area contributed by atoms with Crippen LogP contribution >= 0.6 is 0 Å². The highest BCUT2D eigenvalue weighted by Crippen LogP contribution is 2.61. The lowest BCUT2D eigenvalue weighted by atomic mass is 9.78. The summed E-state index contributed by atoms with van der Waals surface area (Å²) in [5.41, 5.74) is -0.330. The minimum absolute atomic E-state index is 0.000689. The minimum Gasteiger partial charge on any atom is -0.379 e. The predicted molar refractivity (Wildman–Crippen MR) is 137 cm³/mol. The van der Waals surface area contributed by atoms with E-state index in [-0.39, 0.29) is 47.4 Å². The molecule has 4 unspecified atom stereocenters. The molecule has 0 spiro atoms. The van der Waals surface area contributed by atoms with Gasteiger partial charge in [-0.2, -0.15) is 0 Å². The van der Waals surface area contributed by atoms with Crippen molar-refractivity contribution in [3.63, 3.8) is 0 Å². The van der Waals surface area contributed by atoms with Gasteiger partial charge < -0.3 is 18.9 Å². The third-order valence-corrected chi connectivity index (χ3v) is 10.3. The van der Waals surface area contributed by atoms with E-state index in [9.17, 15) is 4.79 Å². The third kappa shape index (κ3) is 5.87. The summed E-state index contributed by atoms with van der Waals surface area (Å²) in [7, 11) is 0.802. The van der Waals surface area contributed by atoms with Gasteiger partial charge in [-0.25, -0.2) is 0 Å². The average molecular weight is 489 g/mol. The number of hydrogen-bond donors (Lipinski definition) is 0. The molecule has 4 fully saturated rings. The number of terminal acetylenes is 1. The zero-order valence-electron chi connectivity index (χ0n) is 21.2. The van der Waals surface area contributed by atoms with Gasteiger partial charge in [0.1, 0.15) is 5.78 Å². The van der Waals surface area contributed by atoms with Gasteiger partial charge >= 0.3 is 0 Å². The molecule has 6 heteroatoms. The lowest BCUT2D eigenvalue weighted by molar-refractivity contribution is -0.193. The minimum atomic E-state index is -0.354. The number of fused-ring (bicyclic) bond motifs is 1. The predicted octanol–water partition coefficient (Wildman–Crippen LogP) is 3.98. The van der Waals surface area contributed by atoms with Crippen LogP contribution in [-0.4, -0.2) is 60.4 Å². The number of Topliss-reactive ketones (excluding diaryl/α,β-unsaturated/α-hetero) is 1. The zero-order chi connectivity index (χ0) is 24.0. The molecule has 0 bridgehead atoms. The zero-order valence-corrected chi connectivity index (χ0v) is 23.2. The summed E-state index contributed by atoms with van der Waals surface area (Å²) in [5, 5.41) is 0. The van der Waals surface area contributed by atoms with E-state index in [1.165, 1.54) is 12.8 Å². The number of carbonyl (C=O) groups is 1. The van der Waals surface area contributed by atoms with Crippen LogP contribution in [0.25, 0.3) is 0 Å². The van der Waals surface area contributed by atoms with Crippen molar-refractivity contribution in [1.82, 2.24) is 0 Å². The van der Waals surface area contributed by atoms with Crippen molar-refractivity contribution in [1.29, 1.82) is 0 Å². The fourth-order valence-electron chi connectivity index (χ4n) is 6.54. The monoisotopic (exact) mass is 488 g/mol. The first kappa shape index (κ1) is 26.1. The van der Waals surface area contributed by atoms with Crippen molar-refractivity contribution in [3.05, 3.63) is 12.2 Å². The topological polar surface area (TPSA) is 54.0 Å². The van der Waals surface area contributed by atoms with Gasteiger partial charge in [-0.1, -0.05) is 44.3 Å². The Morgan fingerprint density at radius 3 is 2.85 bits per heavy atom. The Balaban J connectivity index is 1.52. The number of ether oxygens (including phenoxy) is 4. The fourth-order valence-corrected chi connectivity index (χ4v) is 7.61.